The van der Waals surface area contributed by atoms with Crippen LogP contribution >= 0.6 is 0 Å². The monoisotopic (exact) mass is 180 g/mol. The van der Waals surface area contributed by atoms with Gasteiger partial charge in [0.1, 0.15) is 0 Å². The van der Waals surface area contributed by atoms with Crippen LogP contribution in [0.5, 0.6) is 0 Å². The van der Waals surface area contributed by atoms with Crippen molar-refractivity contribution >= 4 is 5.78 Å². The van der Waals surface area contributed by atoms with Gasteiger partial charge in [-0.05, 0) is 0 Å². The summed E-state index contributed by atoms with van der Waals surface area (Å²) in [4.78, 5) is 13.4. The minimum atomic E-state index is -0.610. The van der Waals surface area contributed by atoms with Crippen LogP contribution < -0.4 is 0 Å². The number of allylic oxidation sites excluding steroid dienone is 1. The molecule has 0 unspecified atom stereocenters. The first-order chi connectivity index (χ1) is 8.27. The molecule has 0 radical (unpaired) electrons. The molecule has 13 heavy (non-hydrogen) atoms. The van der Waals surface area contributed by atoms with Crippen LogP contribution in [0.2, 0.25) is 0 Å². The SMILES string of the molecule is [2H]c1c([2H])c([2H])c(C(=O)/C=C/N(C)C)c([2H])c1[2H]. The van der Waals surface area contributed by atoms with Gasteiger partial charge in [-0.1, -0.05) is 30.2 Å². The number of hydrogen-bond donors (Lipinski definition) is 0. The lowest BCUT2D eigenvalue weighted by atomic mass is 10.1. The molecule has 0 amide bonds. The van der Waals surface area contributed by atoms with E-state index in [1.165, 1.54) is 12.3 Å². The normalized spacial score (nSPS) is 15.7. The van der Waals surface area contributed by atoms with Crippen molar-refractivity contribution in [2.24, 2.45) is 0 Å². The Balaban J connectivity index is 3.38. The third kappa shape index (κ3) is 3.11. The van der Waals surface area contributed by atoms with E-state index >= 15 is 0 Å². The predicted octanol–water partition coefficient (Wildman–Crippen LogP) is 1.94. The van der Waals surface area contributed by atoms with Gasteiger partial charge < -0.3 is 4.90 Å². The maximum Gasteiger partial charge on any atom is 0.187 e. The molecule has 0 aliphatic rings. The lowest BCUT2D eigenvalue weighted by Gasteiger charge is -2.02. The summed E-state index contributed by atoms with van der Waals surface area (Å²) in [5.74, 6) is -0.610. The third-order valence-corrected chi connectivity index (χ3v) is 1.27. The second-order valence-electron chi connectivity index (χ2n) is 2.64. The number of ketones is 1. The molecule has 0 aliphatic carbocycles. The number of nitrogens with zero attached hydrogens (tertiary/aromatic N) is 1. The van der Waals surface area contributed by atoms with Gasteiger partial charge in [-0.2, -0.15) is 0 Å². The van der Waals surface area contributed by atoms with E-state index in [0.717, 1.165) is 0 Å². The summed E-state index contributed by atoms with van der Waals surface area (Å²) in [6.45, 7) is 0. The lowest BCUT2D eigenvalue weighted by Crippen LogP contribution is -2.02. The molecule has 0 N–H and O–H groups in total. The molecule has 1 aromatic carbocycles. The Morgan fingerprint density at radius 3 is 2.54 bits per heavy atom. The second kappa shape index (κ2) is 4.45. The van der Waals surface area contributed by atoms with E-state index in [1.807, 2.05) is 0 Å². The number of carbonyl (C=O) groups excluding carboxylic acids is 1. The van der Waals surface area contributed by atoms with Gasteiger partial charge in [0.2, 0.25) is 0 Å². The number of hydrogen-bond acceptors (Lipinski definition) is 2. The number of rotatable bonds is 3. The van der Waals surface area contributed by atoms with Gasteiger partial charge in [0.05, 0.1) is 6.85 Å². The molecule has 0 aliphatic heterocycles. The molecule has 0 atom stereocenters. The molecular formula is C11H13NO. The van der Waals surface area contributed by atoms with Crippen LogP contribution in [0, 0.1) is 0 Å². The Bertz CT molecular complexity index is 496. The average molecular weight is 180 g/mol. The molecule has 1 rings (SSSR count). The van der Waals surface area contributed by atoms with E-state index < -0.39 is 36.0 Å². The van der Waals surface area contributed by atoms with Crippen molar-refractivity contribution in [3.63, 3.8) is 0 Å². The van der Waals surface area contributed by atoms with Crippen molar-refractivity contribution in [1.29, 1.82) is 0 Å². The van der Waals surface area contributed by atoms with Gasteiger partial charge in [-0.3, -0.25) is 4.79 Å². The summed E-state index contributed by atoms with van der Waals surface area (Å²) in [6.07, 6.45) is 2.64. The van der Waals surface area contributed by atoms with Crippen molar-refractivity contribution in [2.75, 3.05) is 14.1 Å². The van der Waals surface area contributed by atoms with Crippen molar-refractivity contribution in [3.05, 3.63) is 48.1 Å². The Morgan fingerprint density at radius 2 is 2.00 bits per heavy atom. The first kappa shape index (κ1) is 4.61. The largest absolute Gasteiger partial charge is 0.383 e. The smallest absolute Gasteiger partial charge is 0.187 e. The minimum Gasteiger partial charge on any atom is -0.383 e. The molecule has 0 fully saturated rings. The van der Waals surface area contributed by atoms with E-state index in [4.69, 9.17) is 6.85 Å². The average Bonchev–Trinajstić information content (AvgIpc) is 2.31. The molecule has 0 heterocycles. The zero-order chi connectivity index (χ0) is 14.0. The van der Waals surface area contributed by atoms with Gasteiger partial charge in [0.15, 0.2) is 5.78 Å². The van der Waals surface area contributed by atoms with Crippen LogP contribution in [0.3, 0.4) is 0 Å². The summed E-state index contributed by atoms with van der Waals surface area (Å²) in [6, 6.07) is -2.46. The van der Waals surface area contributed by atoms with Gasteiger partial charge in [0.25, 0.3) is 0 Å². The molecular weight excluding hydrogens is 162 g/mol. The Morgan fingerprint density at radius 1 is 1.38 bits per heavy atom. The first-order valence-corrected chi connectivity index (χ1v) is 3.73. The highest BCUT2D eigenvalue weighted by atomic mass is 16.1. The zero-order valence-corrected chi connectivity index (χ0v) is 7.51. The highest BCUT2D eigenvalue weighted by Crippen LogP contribution is 2.00. The number of carbonyl (C=O) groups is 1. The summed E-state index contributed by atoms with van der Waals surface area (Å²) in [5, 5.41) is 0. The summed E-state index contributed by atoms with van der Waals surface area (Å²) in [7, 11) is 3.43. The molecule has 0 saturated heterocycles. The van der Waals surface area contributed by atoms with Crippen LogP contribution in [0.1, 0.15) is 17.2 Å². The summed E-state index contributed by atoms with van der Waals surface area (Å²) >= 11 is 0. The van der Waals surface area contributed by atoms with E-state index in [1.54, 1.807) is 19.0 Å². The van der Waals surface area contributed by atoms with Gasteiger partial charge in [-0.25, -0.2) is 0 Å². The third-order valence-electron chi connectivity index (χ3n) is 1.27. The van der Waals surface area contributed by atoms with E-state index in [2.05, 4.69) is 0 Å². The van der Waals surface area contributed by atoms with Gasteiger partial charge in [-0.15, -0.1) is 0 Å². The van der Waals surface area contributed by atoms with E-state index in [0.29, 0.717) is 0 Å². The van der Waals surface area contributed by atoms with Crippen molar-refractivity contribution in [2.45, 2.75) is 0 Å². The lowest BCUT2D eigenvalue weighted by molar-refractivity contribution is 0.104. The van der Waals surface area contributed by atoms with E-state index in [-0.39, 0.29) is 5.56 Å². The molecule has 0 spiro atoms. The van der Waals surface area contributed by atoms with Crippen molar-refractivity contribution in [1.82, 2.24) is 4.90 Å². The van der Waals surface area contributed by atoms with Crippen LogP contribution in [0.25, 0.3) is 0 Å². The van der Waals surface area contributed by atoms with Crippen LogP contribution in [0.4, 0.5) is 0 Å². The fourth-order valence-electron chi connectivity index (χ4n) is 0.673. The number of benzene rings is 1. The fourth-order valence-corrected chi connectivity index (χ4v) is 0.673. The van der Waals surface area contributed by atoms with E-state index in [9.17, 15) is 4.79 Å². The van der Waals surface area contributed by atoms with Crippen LogP contribution in [-0.4, -0.2) is 24.8 Å². The molecule has 68 valence electrons. The van der Waals surface area contributed by atoms with Crippen molar-refractivity contribution < 1.29 is 11.6 Å². The van der Waals surface area contributed by atoms with Gasteiger partial charge >= 0.3 is 0 Å². The Labute approximate surface area is 85.5 Å². The molecule has 1 aromatic rings. The van der Waals surface area contributed by atoms with Crippen LogP contribution in [-0.2, 0) is 0 Å². The van der Waals surface area contributed by atoms with Crippen molar-refractivity contribution in [3.8, 4) is 0 Å². The van der Waals surface area contributed by atoms with Gasteiger partial charge in [0, 0.05) is 31.9 Å². The molecule has 2 heteroatoms. The molecule has 0 bridgehead atoms. The van der Waals surface area contributed by atoms with Crippen LogP contribution in [0.15, 0.2) is 42.5 Å². The first-order valence-electron chi connectivity index (χ1n) is 6.23. The fraction of sp³-hybridized carbons (Fsp3) is 0.182. The predicted molar refractivity (Wildman–Crippen MR) is 53.6 cm³/mol. The standard InChI is InChI=1S/C11H13NO/c1-12(2)9-8-11(13)10-6-4-3-5-7-10/h3-9H,1-2H3/b9-8+/i3D,4D,5D,6D,7D. The maximum atomic E-state index is 11.8. The maximum absolute atomic E-state index is 11.8. The topological polar surface area (TPSA) is 20.3 Å². The quantitative estimate of drug-likeness (QED) is 0.523. The highest BCUT2D eigenvalue weighted by molar-refractivity contribution is 6.04. The molecule has 0 aromatic heterocycles. The minimum absolute atomic E-state index is 0.306. The molecule has 2 nitrogen and oxygen atoms in total. The Kier molecular flexibility index (Phi) is 1.58. The highest BCUT2D eigenvalue weighted by Gasteiger charge is 1.98. The second-order valence-corrected chi connectivity index (χ2v) is 2.64. The molecule has 0 saturated carbocycles. The zero-order valence-electron chi connectivity index (χ0n) is 12.5. The summed E-state index contributed by atoms with van der Waals surface area (Å²) < 4.78 is 37.5. The summed E-state index contributed by atoms with van der Waals surface area (Å²) in [5.41, 5.74) is -0.306. The Hall–Kier alpha value is -1.57.